The molecule has 2 N–H and O–H groups in total. The van der Waals surface area contributed by atoms with Gasteiger partial charge in [0.15, 0.2) is 0 Å². The molecule has 0 saturated carbocycles. The Hall–Kier alpha value is -2.87. The lowest BCUT2D eigenvalue weighted by Crippen LogP contribution is -2.15. The fourth-order valence-corrected chi connectivity index (χ4v) is 2.94. The second-order valence-electron chi connectivity index (χ2n) is 6.50. The molecule has 0 radical (unpaired) electrons. The first-order chi connectivity index (χ1) is 16.4. The van der Waals surface area contributed by atoms with Gasteiger partial charge in [0.05, 0.1) is 23.7 Å². The number of hydrogen-bond acceptors (Lipinski definition) is 5. The summed E-state index contributed by atoms with van der Waals surface area (Å²) >= 11 is 5.94. The fraction of sp³-hybridized carbons (Fsp3) is 0.346. The molecule has 34 heavy (non-hydrogen) atoms. The standard InChI is InChI=1S/C19H22ClFN4O.C5H9N.C2H6/c1-5-23-19(16(10-22-3)12(2)11-26-4)18-9-17(24-25-18)13-6-14(20)8-15(21)7-13;1-3-5-6-4-2;1-2/h5-9,22H,2,10-11H2,1,3-4H3,(H,24,25);3-5H,1-2H3;1-2H3/b19-16-,23-5?;5-3-,6-4?;. The number of methoxy groups -OCH3 is 1. The van der Waals surface area contributed by atoms with Crippen LogP contribution in [0.2, 0.25) is 5.02 Å². The van der Waals surface area contributed by atoms with Gasteiger partial charge in [-0.05, 0) is 63.2 Å². The number of likely N-dealkylation sites (N-methyl/N-ethyl adjacent to an activating group) is 1. The summed E-state index contributed by atoms with van der Waals surface area (Å²) in [7, 11) is 3.47. The first-order valence-corrected chi connectivity index (χ1v) is 11.4. The number of halogens is 2. The van der Waals surface area contributed by atoms with Gasteiger partial charge in [0.2, 0.25) is 0 Å². The molecule has 0 aliphatic rings. The summed E-state index contributed by atoms with van der Waals surface area (Å²) < 4.78 is 18.8. The lowest BCUT2D eigenvalue weighted by Gasteiger charge is -2.13. The second kappa shape index (κ2) is 18.5. The molecule has 0 saturated heterocycles. The summed E-state index contributed by atoms with van der Waals surface area (Å²) in [6.07, 6.45) is 7.09. The van der Waals surface area contributed by atoms with E-state index in [2.05, 4.69) is 32.1 Å². The van der Waals surface area contributed by atoms with E-state index in [1.54, 1.807) is 31.8 Å². The second-order valence-corrected chi connectivity index (χ2v) is 6.93. The van der Waals surface area contributed by atoms with E-state index in [4.69, 9.17) is 16.3 Å². The van der Waals surface area contributed by atoms with Crippen molar-refractivity contribution in [1.82, 2.24) is 15.5 Å². The summed E-state index contributed by atoms with van der Waals surface area (Å²) in [5.74, 6) is -0.413. The minimum atomic E-state index is -0.413. The number of aromatic amines is 1. The third kappa shape index (κ3) is 10.8. The summed E-state index contributed by atoms with van der Waals surface area (Å²) in [5, 5.41) is 10.7. The number of ether oxygens (including phenoxy) is 1. The van der Waals surface area contributed by atoms with Crippen LogP contribution in [0.1, 0.15) is 40.3 Å². The highest BCUT2D eigenvalue weighted by Gasteiger charge is 2.15. The van der Waals surface area contributed by atoms with Gasteiger partial charge in [-0.1, -0.05) is 38.1 Å². The van der Waals surface area contributed by atoms with Crippen LogP contribution in [0.5, 0.6) is 0 Å². The predicted octanol–water partition coefficient (Wildman–Crippen LogP) is 6.73. The van der Waals surface area contributed by atoms with Crippen LogP contribution < -0.4 is 5.32 Å². The molecule has 2 rings (SSSR count). The van der Waals surface area contributed by atoms with Gasteiger partial charge in [0, 0.05) is 42.9 Å². The van der Waals surface area contributed by atoms with Crippen LogP contribution in [0, 0.1) is 5.82 Å². The number of H-pyrrole nitrogens is 1. The zero-order chi connectivity index (χ0) is 25.9. The quantitative estimate of drug-likeness (QED) is 0.303. The van der Waals surface area contributed by atoms with Crippen molar-refractivity contribution in [2.75, 3.05) is 27.3 Å². The molecule has 0 unspecified atom stereocenters. The summed E-state index contributed by atoms with van der Waals surface area (Å²) in [4.78, 5) is 8.27. The van der Waals surface area contributed by atoms with Crippen LogP contribution in [-0.2, 0) is 4.74 Å². The summed E-state index contributed by atoms with van der Waals surface area (Å²) in [5.41, 5.74) is 4.27. The Balaban J connectivity index is 0.00000118. The molecule has 186 valence electrons. The topological polar surface area (TPSA) is 74.7 Å². The van der Waals surface area contributed by atoms with Crippen LogP contribution in [0.3, 0.4) is 0 Å². The number of hydrogen-bond donors (Lipinski definition) is 2. The van der Waals surface area contributed by atoms with E-state index in [1.165, 1.54) is 12.1 Å². The lowest BCUT2D eigenvalue weighted by atomic mass is 10.0. The van der Waals surface area contributed by atoms with Gasteiger partial charge in [0.25, 0.3) is 0 Å². The molecule has 0 fully saturated rings. The Morgan fingerprint density at radius 1 is 1.21 bits per heavy atom. The number of benzene rings is 1. The lowest BCUT2D eigenvalue weighted by molar-refractivity contribution is 0.227. The third-order valence-corrected chi connectivity index (χ3v) is 4.24. The van der Waals surface area contributed by atoms with Crippen LogP contribution >= 0.6 is 11.6 Å². The van der Waals surface area contributed by atoms with Gasteiger partial charge in [-0.3, -0.25) is 15.1 Å². The van der Waals surface area contributed by atoms with E-state index in [0.717, 1.165) is 11.1 Å². The first kappa shape index (κ1) is 31.1. The maximum atomic E-state index is 13.6. The van der Waals surface area contributed by atoms with Gasteiger partial charge in [-0.25, -0.2) is 4.39 Å². The summed E-state index contributed by atoms with van der Waals surface area (Å²) in [6.45, 7) is 14.7. The fourth-order valence-electron chi connectivity index (χ4n) is 2.72. The van der Waals surface area contributed by atoms with Crippen molar-refractivity contribution >= 4 is 29.7 Å². The highest BCUT2D eigenvalue weighted by atomic mass is 35.5. The number of nitrogens with zero attached hydrogens (tertiary/aromatic N) is 3. The van der Waals surface area contributed by atoms with Gasteiger partial charge < -0.3 is 10.1 Å². The largest absolute Gasteiger partial charge is 0.380 e. The Kier molecular flexibility index (Phi) is 17.0. The van der Waals surface area contributed by atoms with Crippen molar-refractivity contribution in [3.63, 3.8) is 0 Å². The molecule has 0 atom stereocenters. The molecule has 0 aliphatic heterocycles. The van der Waals surface area contributed by atoms with Crippen molar-refractivity contribution in [3.05, 3.63) is 70.8 Å². The van der Waals surface area contributed by atoms with E-state index in [9.17, 15) is 4.39 Å². The smallest absolute Gasteiger partial charge is 0.125 e. The van der Waals surface area contributed by atoms with Crippen molar-refractivity contribution in [2.45, 2.75) is 34.6 Å². The molecule has 1 aromatic heterocycles. The Bertz CT molecular complexity index is 963. The van der Waals surface area contributed by atoms with Crippen molar-refractivity contribution < 1.29 is 9.13 Å². The zero-order valence-corrected chi connectivity index (χ0v) is 22.0. The molecule has 8 heteroatoms. The number of nitrogens with one attached hydrogen (secondary N) is 2. The van der Waals surface area contributed by atoms with Crippen LogP contribution in [-0.4, -0.2) is 49.9 Å². The molecule has 0 spiro atoms. The van der Waals surface area contributed by atoms with Crippen LogP contribution in [0.4, 0.5) is 4.39 Å². The first-order valence-electron chi connectivity index (χ1n) is 11.1. The van der Waals surface area contributed by atoms with Crippen LogP contribution in [0.25, 0.3) is 17.0 Å². The minimum Gasteiger partial charge on any atom is -0.380 e. The number of allylic oxidation sites excluding steroid dienone is 1. The zero-order valence-electron chi connectivity index (χ0n) is 21.2. The molecule has 6 nitrogen and oxygen atoms in total. The molecule has 1 heterocycles. The van der Waals surface area contributed by atoms with Crippen molar-refractivity contribution in [1.29, 1.82) is 0 Å². The number of aromatic nitrogens is 2. The predicted molar refractivity (Wildman–Crippen MR) is 145 cm³/mol. The molecular formula is C26H37ClFN5O. The number of aliphatic imine (C=N–C) groups is 2. The maximum absolute atomic E-state index is 13.6. The Morgan fingerprint density at radius 2 is 1.91 bits per heavy atom. The average molecular weight is 490 g/mol. The van der Waals surface area contributed by atoms with E-state index >= 15 is 0 Å². The third-order valence-electron chi connectivity index (χ3n) is 4.02. The molecule has 2 aromatic rings. The van der Waals surface area contributed by atoms with E-state index in [1.807, 2.05) is 53.8 Å². The summed E-state index contributed by atoms with van der Waals surface area (Å²) in [6, 6.07) is 6.11. The normalized spacial score (nSPS) is 11.8. The molecule has 0 amide bonds. The van der Waals surface area contributed by atoms with Crippen molar-refractivity contribution in [3.8, 4) is 11.3 Å². The highest BCUT2D eigenvalue weighted by Crippen LogP contribution is 2.28. The average Bonchev–Trinajstić information content (AvgIpc) is 3.31. The molecule has 0 aliphatic carbocycles. The molecule has 0 bridgehead atoms. The maximum Gasteiger partial charge on any atom is 0.125 e. The SMILES string of the molecule is C=C(COC)/C(CNC)=C(\N=CC)c1cc(-c2cc(F)cc(Cl)c2)n[nH]1.CC.CC=N/C=C\C. The van der Waals surface area contributed by atoms with Crippen LogP contribution in [0.15, 0.2) is 64.3 Å². The van der Waals surface area contributed by atoms with Gasteiger partial charge >= 0.3 is 0 Å². The Labute approximate surface area is 208 Å². The van der Waals surface area contributed by atoms with Gasteiger partial charge in [0.1, 0.15) is 5.82 Å². The van der Waals surface area contributed by atoms with E-state index < -0.39 is 5.82 Å². The Morgan fingerprint density at radius 3 is 2.41 bits per heavy atom. The van der Waals surface area contributed by atoms with Crippen molar-refractivity contribution in [2.24, 2.45) is 9.98 Å². The highest BCUT2D eigenvalue weighted by molar-refractivity contribution is 6.30. The minimum absolute atomic E-state index is 0.316. The monoisotopic (exact) mass is 489 g/mol. The van der Waals surface area contributed by atoms with Gasteiger partial charge in [-0.15, -0.1) is 0 Å². The molecule has 1 aromatic carbocycles. The van der Waals surface area contributed by atoms with E-state index in [0.29, 0.717) is 40.8 Å². The number of rotatable bonds is 9. The molecular weight excluding hydrogens is 453 g/mol. The van der Waals surface area contributed by atoms with Gasteiger partial charge in [-0.2, -0.15) is 5.10 Å². The van der Waals surface area contributed by atoms with E-state index in [-0.39, 0.29) is 0 Å².